The number of nitrogens with zero attached hydrogens (tertiary/aromatic N) is 4. The number of ether oxygens (including phenoxy) is 1. The second kappa shape index (κ2) is 6.42. The zero-order valence-corrected chi connectivity index (χ0v) is 14.0. The average molecular weight is 337 g/mol. The molecule has 7 nitrogen and oxygen atoms in total. The highest BCUT2D eigenvalue weighted by Crippen LogP contribution is 2.43. The topological polar surface area (TPSA) is 108 Å². The van der Waals surface area contributed by atoms with E-state index >= 15 is 0 Å². The third-order valence-electron chi connectivity index (χ3n) is 4.24. The number of rotatable bonds is 2. The normalized spacial score (nSPS) is 21.6. The lowest BCUT2D eigenvalue weighted by Gasteiger charge is -2.46. The summed E-state index contributed by atoms with van der Waals surface area (Å²) in [6, 6.07) is 10.4. The standard InChI is InChI=1S/C18H19N5O2/c1-18(2)16(24)15(13-10-21-9-8-14(13)25-18)23(17(20)22-11-19)12-6-4-3-5-7-12/h3-10,15-16,24H,1-2H3,(H2,20,22). The molecule has 0 spiro atoms. The molecule has 1 aliphatic heterocycles. The van der Waals surface area contributed by atoms with Gasteiger partial charge in [-0.15, -0.1) is 4.99 Å². The van der Waals surface area contributed by atoms with E-state index in [1.807, 2.05) is 30.3 Å². The van der Waals surface area contributed by atoms with Gasteiger partial charge in [0.25, 0.3) is 0 Å². The van der Waals surface area contributed by atoms with Crippen molar-refractivity contribution in [1.82, 2.24) is 4.98 Å². The molecule has 3 N–H and O–H groups in total. The van der Waals surface area contributed by atoms with Crippen LogP contribution >= 0.6 is 0 Å². The first-order valence-corrected chi connectivity index (χ1v) is 7.83. The van der Waals surface area contributed by atoms with Gasteiger partial charge in [-0.05, 0) is 32.0 Å². The summed E-state index contributed by atoms with van der Waals surface area (Å²) in [4.78, 5) is 9.47. The second-order valence-corrected chi connectivity index (χ2v) is 6.28. The summed E-state index contributed by atoms with van der Waals surface area (Å²) < 4.78 is 5.93. The zero-order valence-electron chi connectivity index (χ0n) is 14.0. The number of aliphatic hydroxyl groups excluding tert-OH is 1. The first kappa shape index (κ1) is 16.7. The summed E-state index contributed by atoms with van der Waals surface area (Å²) in [5.74, 6) is 0.603. The van der Waals surface area contributed by atoms with Crippen molar-refractivity contribution in [2.45, 2.75) is 31.6 Å². The van der Waals surface area contributed by atoms with E-state index in [2.05, 4.69) is 9.98 Å². The van der Waals surface area contributed by atoms with E-state index in [9.17, 15) is 5.11 Å². The molecule has 1 aromatic carbocycles. The van der Waals surface area contributed by atoms with Crippen LogP contribution in [0.4, 0.5) is 5.69 Å². The Labute approximate surface area is 146 Å². The molecule has 128 valence electrons. The van der Waals surface area contributed by atoms with Crippen LogP contribution in [-0.4, -0.2) is 27.8 Å². The number of fused-ring (bicyclic) bond motifs is 1. The van der Waals surface area contributed by atoms with E-state index in [0.717, 1.165) is 0 Å². The van der Waals surface area contributed by atoms with Crippen LogP contribution in [0.15, 0.2) is 53.8 Å². The summed E-state index contributed by atoms with van der Waals surface area (Å²) in [5.41, 5.74) is 6.60. The lowest BCUT2D eigenvalue weighted by Crippen LogP contribution is -2.56. The van der Waals surface area contributed by atoms with Crippen LogP contribution in [0, 0.1) is 11.5 Å². The van der Waals surface area contributed by atoms with Crippen LogP contribution in [0.5, 0.6) is 5.75 Å². The number of benzene rings is 1. The van der Waals surface area contributed by atoms with Crippen molar-refractivity contribution < 1.29 is 9.84 Å². The highest BCUT2D eigenvalue weighted by Gasteiger charge is 2.46. The number of pyridine rings is 1. The molecule has 0 aliphatic carbocycles. The molecule has 2 aromatic rings. The van der Waals surface area contributed by atoms with Gasteiger partial charge in [-0.1, -0.05) is 18.2 Å². The fraction of sp³-hybridized carbons (Fsp3) is 0.278. The smallest absolute Gasteiger partial charge is 0.212 e. The van der Waals surface area contributed by atoms with Crippen molar-refractivity contribution in [3.63, 3.8) is 0 Å². The van der Waals surface area contributed by atoms with Gasteiger partial charge in [-0.25, -0.2) is 0 Å². The molecule has 0 saturated carbocycles. The van der Waals surface area contributed by atoms with Crippen LogP contribution in [0.2, 0.25) is 0 Å². The molecular weight excluding hydrogens is 318 g/mol. The predicted octanol–water partition coefficient (Wildman–Crippen LogP) is 1.96. The molecule has 1 aliphatic rings. The first-order chi connectivity index (χ1) is 12.0. The summed E-state index contributed by atoms with van der Waals surface area (Å²) in [6.45, 7) is 3.60. The predicted molar refractivity (Wildman–Crippen MR) is 93.8 cm³/mol. The molecule has 2 heterocycles. The molecule has 2 unspecified atom stereocenters. The molecule has 0 bridgehead atoms. The Morgan fingerprint density at radius 3 is 2.76 bits per heavy atom. The highest BCUT2D eigenvalue weighted by atomic mass is 16.5. The van der Waals surface area contributed by atoms with E-state index in [-0.39, 0.29) is 5.96 Å². The van der Waals surface area contributed by atoms with Crippen LogP contribution in [-0.2, 0) is 0 Å². The van der Waals surface area contributed by atoms with E-state index in [1.165, 1.54) is 0 Å². The summed E-state index contributed by atoms with van der Waals surface area (Å²) in [6.07, 6.45) is 4.04. The van der Waals surface area contributed by atoms with Crippen molar-refractivity contribution in [2.75, 3.05) is 4.90 Å². The Morgan fingerprint density at radius 1 is 1.36 bits per heavy atom. The van der Waals surface area contributed by atoms with Gasteiger partial charge in [0, 0.05) is 23.6 Å². The minimum Gasteiger partial charge on any atom is -0.485 e. The average Bonchev–Trinajstić information content (AvgIpc) is 2.59. The number of para-hydroxylation sites is 1. The second-order valence-electron chi connectivity index (χ2n) is 6.28. The Balaban J connectivity index is 2.21. The Kier molecular flexibility index (Phi) is 4.30. The number of aromatic nitrogens is 1. The number of aliphatic imine (C=N–C) groups is 1. The molecule has 25 heavy (non-hydrogen) atoms. The van der Waals surface area contributed by atoms with Gasteiger partial charge in [0.15, 0.2) is 0 Å². The van der Waals surface area contributed by atoms with Gasteiger partial charge in [-0.2, -0.15) is 5.26 Å². The molecule has 0 fully saturated rings. The van der Waals surface area contributed by atoms with Crippen LogP contribution < -0.4 is 15.4 Å². The van der Waals surface area contributed by atoms with Gasteiger partial charge in [-0.3, -0.25) is 4.98 Å². The number of hydrogen-bond acceptors (Lipinski definition) is 5. The maximum Gasteiger partial charge on any atom is 0.212 e. The highest BCUT2D eigenvalue weighted by molar-refractivity contribution is 5.96. The molecule has 0 radical (unpaired) electrons. The fourth-order valence-electron chi connectivity index (χ4n) is 3.01. The van der Waals surface area contributed by atoms with Crippen molar-refractivity contribution in [3.8, 4) is 11.9 Å². The number of guanidine groups is 1. The maximum atomic E-state index is 11.0. The van der Waals surface area contributed by atoms with E-state index in [4.69, 9.17) is 15.7 Å². The number of aliphatic hydroxyl groups is 1. The van der Waals surface area contributed by atoms with E-state index in [1.54, 1.807) is 43.4 Å². The van der Waals surface area contributed by atoms with E-state index < -0.39 is 17.7 Å². The minimum absolute atomic E-state index is 0.00902. The first-order valence-electron chi connectivity index (χ1n) is 7.83. The van der Waals surface area contributed by atoms with Crippen molar-refractivity contribution in [3.05, 3.63) is 54.4 Å². The number of nitriles is 1. The minimum atomic E-state index is -0.933. The molecular formula is C18H19N5O2. The van der Waals surface area contributed by atoms with Gasteiger partial charge in [0.1, 0.15) is 17.5 Å². The molecule has 1 aromatic heterocycles. The molecule has 0 amide bonds. The molecule has 7 heteroatoms. The molecule has 2 atom stereocenters. The molecule has 3 rings (SSSR count). The Hall–Kier alpha value is -3.11. The third-order valence-corrected chi connectivity index (χ3v) is 4.24. The van der Waals surface area contributed by atoms with E-state index in [0.29, 0.717) is 17.0 Å². The van der Waals surface area contributed by atoms with Crippen molar-refractivity contribution >= 4 is 11.6 Å². The Morgan fingerprint density at radius 2 is 2.08 bits per heavy atom. The SMILES string of the molecule is CC1(C)Oc2ccncc2C(N(C(N)=NC#N)c2ccccc2)C1O. The lowest BCUT2D eigenvalue weighted by molar-refractivity contribution is -0.0567. The number of hydrogen-bond donors (Lipinski definition) is 2. The van der Waals surface area contributed by atoms with Gasteiger partial charge in [0.05, 0.1) is 6.04 Å². The quantitative estimate of drug-likeness (QED) is 0.493. The zero-order chi connectivity index (χ0) is 18.0. The maximum absolute atomic E-state index is 11.0. The summed E-state index contributed by atoms with van der Waals surface area (Å²) in [7, 11) is 0. The van der Waals surface area contributed by atoms with Crippen molar-refractivity contribution in [2.24, 2.45) is 10.7 Å². The lowest BCUT2D eigenvalue weighted by atomic mass is 9.86. The van der Waals surface area contributed by atoms with Gasteiger partial charge in [0.2, 0.25) is 12.2 Å². The molecule has 0 saturated heterocycles. The van der Waals surface area contributed by atoms with Crippen molar-refractivity contribution in [1.29, 1.82) is 5.26 Å². The van der Waals surface area contributed by atoms with Gasteiger partial charge >= 0.3 is 0 Å². The number of anilines is 1. The van der Waals surface area contributed by atoms with Crippen LogP contribution in [0.3, 0.4) is 0 Å². The summed E-state index contributed by atoms with van der Waals surface area (Å²) >= 11 is 0. The van der Waals surface area contributed by atoms with Crippen LogP contribution in [0.1, 0.15) is 25.5 Å². The Bertz CT molecular complexity index is 829. The largest absolute Gasteiger partial charge is 0.485 e. The third kappa shape index (κ3) is 2.99. The summed E-state index contributed by atoms with van der Waals surface area (Å²) in [5, 5.41) is 20.0. The fourth-order valence-corrected chi connectivity index (χ4v) is 3.01. The number of nitrogens with two attached hydrogens (primary N) is 1. The van der Waals surface area contributed by atoms with Gasteiger partial charge < -0.3 is 20.5 Å². The monoisotopic (exact) mass is 337 g/mol. The van der Waals surface area contributed by atoms with Crippen LogP contribution in [0.25, 0.3) is 0 Å².